The lowest BCUT2D eigenvalue weighted by atomic mass is 10.2. The first-order chi connectivity index (χ1) is 10.1. The molecule has 1 heterocycles. The SMILES string of the molecule is Cc1cc([N+](=O)[O-])cc(OC[C@H](C)NC(=O)OC(C)(C)C)n1. The molecule has 1 rings (SSSR count). The second-order valence-electron chi connectivity index (χ2n) is 5.92. The van der Waals surface area contributed by atoms with Gasteiger partial charge in [0.1, 0.15) is 12.2 Å². The number of hydrogen-bond donors (Lipinski definition) is 1. The number of nitro groups is 1. The lowest BCUT2D eigenvalue weighted by molar-refractivity contribution is -0.385. The molecular formula is C14H21N3O5. The number of ether oxygens (including phenoxy) is 2. The molecule has 0 fully saturated rings. The number of aromatic nitrogens is 1. The van der Waals surface area contributed by atoms with Crippen molar-refractivity contribution in [3.05, 3.63) is 27.9 Å². The van der Waals surface area contributed by atoms with E-state index in [1.165, 1.54) is 12.1 Å². The van der Waals surface area contributed by atoms with E-state index in [1.54, 1.807) is 34.6 Å². The van der Waals surface area contributed by atoms with E-state index < -0.39 is 16.6 Å². The lowest BCUT2D eigenvalue weighted by Crippen LogP contribution is -2.40. The van der Waals surface area contributed by atoms with Gasteiger partial charge in [-0.15, -0.1) is 0 Å². The largest absolute Gasteiger partial charge is 0.475 e. The second kappa shape index (κ2) is 7.06. The predicted octanol–water partition coefficient (Wildman–Crippen LogP) is 2.59. The van der Waals surface area contributed by atoms with Gasteiger partial charge in [-0.1, -0.05) is 0 Å². The van der Waals surface area contributed by atoms with Crippen molar-refractivity contribution < 1.29 is 19.2 Å². The third-order valence-corrected chi connectivity index (χ3v) is 2.37. The summed E-state index contributed by atoms with van der Waals surface area (Å²) in [6, 6.07) is 2.26. The number of nitrogens with one attached hydrogen (secondary N) is 1. The fraction of sp³-hybridized carbons (Fsp3) is 0.571. The van der Waals surface area contributed by atoms with Crippen LogP contribution in [0.1, 0.15) is 33.4 Å². The highest BCUT2D eigenvalue weighted by molar-refractivity contribution is 5.68. The molecule has 0 saturated heterocycles. The van der Waals surface area contributed by atoms with Crippen LogP contribution in [0.2, 0.25) is 0 Å². The van der Waals surface area contributed by atoms with E-state index in [1.807, 2.05) is 0 Å². The standard InChI is InChI=1S/C14H21N3O5/c1-9-6-11(17(19)20)7-12(15-9)21-8-10(2)16-13(18)22-14(3,4)5/h6-7,10H,8H2,1-5H3,(H,16,18)/t10-/m0/s1. The summed E-state index contributed by atoms with van der Waals surface area (Å²) in [6.45, 7) is 8.79. The van der Waals surface area contributed by atoms with Crippen molar-refractivity contribution >= 4 is 11.8 Å². The zero-order valence-electron chi connectivity index (χ0n) is 13.4. The molecule has 0 unspecified atom stereocenters. The summed E-state index contributed by atoms with van der Waals surface area (Å²) in [7, 11) is 0. The molecule has 0 radical (unpaired) electrons. The van der Waals surface area contributed by atoms with Gasteiger partial charge >= 0.3 is 6.09 Å². The van der Waals surface area contributed by atoms with Crippen molar-refractivity contribution in [2.24, 2.45) is 0 Å². The number of carbonyl (C=O) groups is 1. The van der Waals surface area contributed by atoms with Gasteiger partial charge in [-0.2, -0.15) is 0 Å². The molecule has 0 bridgehead atoms. The molecule has 0 aliphatic carbocycles. The maximum atomic E-state index is 11.6. The van der Waals surface area contributed by atoms with E-state index in [4.69, 9.17) is 9.47 Å². The number of nitrogens with zero attached hydrogens (tertiary/aromatic N) is 2. The van der Waals surface area contributed by atoms with Gasteiger partial charge in [0.2, 0.25) is 5.88 Å². The fourth-order valence-corrected chi connectivity index (χ4v) is 1.56. The van der Waals surface area contributed by atoms with E-state index in [0.29, 0.717) is 5.69 Å². The van der Waals surface area contributed by atoms with Gasteiger partial charge < -0.3 is 14.8 Å². The highest BCUT2D eigenvalue weighted by Gasteiger charge is 2.18. The van der Waals surface area contributed by atoms with Crippen LogP contribution in [0.15, 0.2) is 12.1 Å². The molecule has 122 valence electrons. The van der Waals surface area contributed by atoms with Crippen LogP contribution in [0, 0.1) is 17.0 Å². The number of alkyl carbamates (subject to hydrolysis) is 1. The summed E-state index contributed by atoms with van der Waals surface area (Å²) in [5, 5.41) is 13.4. The Morgan fingerprint density at radius 3 is 2.64 bits per heavy atom. The van der Waals surface area contributed by atoms with Crippen molar-refractivity contribution in [2.45, 2.75) is 46.3 Å². The molecule has 1 atom stereocenters. The van der Waals surface area contributed by atoms with Gasteiger partial charge in [-0.05, 0) is 34.6 Å². The summed E-state index contributed by atoms with van der Waals surface area (Å²) >= 11 is 0. The first-order valence-corrected chi connectivity index (χ1v) is 6.82. The molecule has 0 saturated carbocycles. The average molecular weight is 311 g/mol. The molecular weight excluding hydrogens is 290 g/mol. The fourth-order valence-electron chi connectivity index (χ4n) is 1.56. The van der Waals surface area contributed by atoms with E-state index in [9.17, 15) is 14.9 Å². The number of rotatable bonds is 5. The van der Waals surface area contributed by atoms with Crippen molar-refractivity contribution in [2.75, 3.05) is 6.61 Å². The maximum Gasteiger partial charge on any atom is 0.407 e. The van der Waals surface area contributed by atoms with Crippen molar-refractivity contribution in [3.63, 3.8) is 0 Å². The maximum absolute atomic E-state index is 11.6. The highest BCUT2D eigenvalue weighted by Crippen LogP contribution is 2.18. The van der Waals surface area contributed by atoms with E-state index in [0.717, 1.165) is 0 Å². The van der Waals surface area contributed by atoms with E-state index in [-0.39, 0.29) is 24.2 Å². The number of aryl methyl sites for hydroxylation is 1. The Morgan fingerprint density at radius 2 is 2.09 bits per heavy atom. The van der Waals surface area contributed by atoms with Crippen LogP contribution < -0.4 is 10.1 Å². The zero-order valence-corrected chi connectivity index (χ0v) is 13.4. The van der Waals surface area contributed by atoms with Crippen LogP contribution in [0.5, 0.6) is 5.88 Å². The summed E-state index contributed by atoms with van der Waals surface area (Å²) in [4.78, 5) is 25.9. The van der Waals surface area contributed by atoms with Gasteiger partial charge in [0.25, 0.3) is 5.69 Å². The van der Waals surface area contributed by atoms with Gasteiger partial charge in [-0.3, -0.25) is 10.1 Å². The van der Waals surface area contributed by atoms with Crippen LogP contribution in [0.3, 0.4) is 0 Å². The topological polar surface area (TPSA) is 104 Å². The Morgan fingerprint density at radius 1 is 1.45 bits per heavy atom. The number of hydrogen-bond acceptors (Lipinski definition) is 6. The van der Waals surface area contributed by atoms with Crippen LogP contribution in [0.4, 0.5) is 10.5 Å². The second-order valence-corrected chi connectivity index (χ2v) is 5.92. The molecule has 1 N–H and O–H groups in total. The summed E-state index contributed by atoms with van der Waals surface area (Å²) in [5.41, 5.74) is -0.184. The normalized spacial score (nSPS) is 12.4. The number of carbonyl (C=O) groups excluding carboxylic acids is 1. The van der Waals surface area contributed by atoms with Crippen LogP contribution >= 0.6 is 0 Å². The molecule has 8 heteroatoms. The zero-order chi connectivity index (χ0) is 16.9. The minimum Gasteiger partial charge on any atom is -0.475 e. The van der Waals surface area contributed by atoms with Crippen LogP contribution in [-0.4, -0.2) is 34.3 Å². The predicted molar refractivity (Wildman–Crippen MR) is 80.0 cm³/mol. The van der Waals surface area contributed by atoms with Gasteiger partial charge in [0, 0.05) is 11.8 Å². The minimum absolute atomic E-state index is 0.0877. The van der Waals surface area contributed by atoms with Gasteiger partial charge in [-0.25, -0.2) is 9.78 Å². The molecule has 0 aromatic carbocycles. The number of amides is 1. The molecule has 0 aliphatic heterocycles. The monoisotopic (exact) mass is 311 g/mol. The average Bonchev–Trinajstić information content (AvgIpc) is 2.33. The van der Waals surface area contributed by atoms with Crippen molar-refractivity contribution in [1.29, 1.82) is 0 Å². The molecule has 8 nitrogen and oxygen atoms in total. The Kier molecular flexibility index (Phi) is 5.67. The summed E-state index contributed by atoms with van der Waals surface area (Å²) < 4.78 is 10.5. The van der Waals surface area contributed by atoms with Crippen LogP contribution in [0.25, 0.3) is 0 Å². The Labute approximate surface area is 129 Å². The van der Waals surface area contributed by atoms with Crippen molar-refractivity contribution in [3.8, 4) is 5.88 Å². The van der Waals surface area contributed by atoms with Gasteiger partial charge in [0.05, 0.1) is 17.0 Å². The van der Waals surface area contributed by atoms with E-state index >= 15 is 0 Å². The van der Waals surface area contributed by atoms with Gasteiger partial charge in [0.15, 0.2) is 0 Å². The molecule has 22 heavy (non-hydrogen) atoms. The van der Waals surface area contributed by atoms with Crippen LogP contribution in [-0.2, 0) is 4.74 Å². The third-order valence-electron chi connectivity index (χ3n) is 2.37. The molecule has 1 amide bonds. The minimum atomic E-state index is -0.580. The quantitative estimate of drug-likeness (QED) is 0.662. The third kappa shape index (κ3) is 6.38. The first kappa shape index (κ1) is 17.7. The van der Waals surface area contributed by atoms with E-state index in [2.05, 4.69) is 10.3 Å². The molecule has 0 spiro atoms. The Bertz CT molecular complexity index is 554. The Balaban J connectivity index is 2.55. The molecule has 1 aromatic heterocycles. The molecule has 0 aliphatic rings. The first-order valence-electron chi connectivity index (χ1n) is 6.82. The summed E-state index contributed by atoms with van der Waals surface area (Å²) in [5.74, 6) is 0.143. The Hall–Kier alpha value is -2.38. The van der Waals surface area contributed by atoms with Crippen molar-refractivity contribution in [1.82, 2.24) is 10.3 Å². The summed E-state index contributed by atoms with van der Waals surface area (Å²) in [6.07, 6.45) is -0.549. The lowest BCUT2D eigenvalue weighted by Gasteiger charge is -2.21. The highest BCUT2D eigenvalue weighted by atomic mass is 16.6. The number of pyridine rings is 1. The smallest absolute Gasteiger partial charge is 0.407 e. The molecule has 1 aromatic rings.